The van der Waals surface area contributed by atoms with E-state index in [0.717, 1.165) is 11.3 Å². The Bertz CT molecular complexity index is 268. The number of hydrogen-bond donors (Lipinski definition) is 1. The molecule has 0 aromatic heterocycles. The van der Waals surface area contributed by atoms with Crippen molar-refractivity contribution >= 4 is 11.8 Å². The van der Waals surface area contributed by atoms with Crippen LogP contribution in [0.5, 0.6) is 0 Å². The van der Waals surface area contributed by atoms with Crippen molar-refractivity contribution in [2.45, 2.75) is 68.2 Å². The van der Waals surface area contributed by atoms with Crippen molar-refractivity contribution in [3.63, 3.8) is 0 Å². The van der Waals surface area contributed by atoms with E-state index < -0.39 is 0 Å². The van der Waals surface area contributed by atoms with Crippen LogP contribution >= 0.6 is 11.8 Å². The molecule has 0 amide bonds. The Balaban J connectivity index is 1.56. The Hall–Kier alpha value is 0.270. The summed E-state index contributed by atoms with van der Waals surface area (Å²) in [5.74, 6) is 0. The van der Waals surface area contributed by atoms with Crippen molar-refractivity contribution in [3.8, 4) is 0 Å². The molecule has 1 saturated heterocycles. The van der Waals surface area contributed by atoms with Crippen molar-refractivity contribution in [2.24, 2.45) is 0 Å². The largest absolute Gasteiger partial charge is 0.309 e. The van der Waals surface area contributed by atoms with E-state index in [4.69, 9.17) is 0 Å². The van der Waals surface area contributed by atoms with E-state index in [1.54, 1.807) is 0 Å². The van der Waals surface area contributed by atoms with E-state index in [1.165, 1.54) is 71.0 Å². The zero-order valence-electron chi connectivity index (χ0n) is 11.8. The first-order chi connectivity index (χ1) is 8.81. The second kappa shape index (κ2) is 5.72. The highest BCUT2D eigenvalue weighted by Gasteiger charge is 2.39. The molecule has 1 spiro atoms. The van der Waals surface area contributed by atoms with Gasteiger partial charge in [0.15, 0.2) is 0 Å². The average molecular weight is 268 g/mol. The fraction of sp³-hybridized carbons (Fsp3) is 1.00. The van der Waals surface area contributed by atoms with Crippen LogP contribution in [0.25, 0.3) is 0 Å². The summed E-state index contributed by atoms with van der Waals surface area (Å²) < 4.78 is 0. The highest BCUT2D eigenvalue weighted by atomic mass is 32.2. The summed E-state index contributed by atoms with van der Waals surface area (Å²) in [4.78, 5) is 2.83. The Kier molecular flexibility index (Phi) is 4.21. The van der Waals surface area contributed by atoms with E-state index in [-0.39, 0.29) is 0 Å². The molecule has 0 atom stereocenters. The first-order valence-corrected chi connectivity index (χ1v) is 9.12. The molecule has 2 nitrogen and oxygen atoms in total. The maximum Gasteiger partial charge on any atom is 0.0309 e. The topological polar surface area (TPSA) is 15.3 Å². The number of nitrogens with zero attached hydrogens (tertiary/aromatic N) is 1. The Labute approximate surface area is 116 Å². The highest BCUT2D eigenvalue weighted by Crippen LogP contribution is 2.35. The molecule has 3 fully saturated rings. The molecule has 2 saturated carbocycles. The van der Waals surface area contributed by atoms with Crippen LogP contribution in [0.1, 0.15) is 51.4 Å². The molecular weight excluding hydrogens is 240 g/mol. The zero-order chi connectivity index (χ0) is 12.4. The molecule has 0 unspecified atom stereocenters. The van der Waals surface area contributed by atoms with Crippen LogP contribution in [0.3, 0.4) is 0 Å². The molecule has 1 heterocycles. The lowest BCUT2D eigenvalue weighted by Crippen LogP contribution is -2.61. The molecule has 1 aliphatic heterocycles. The minimum atomic E-state index is 0.509. The van der Waals surface area contributed by atoms with Crippen molar-refractivity contribution < 1.29 is 0 Å². The number of hydrogen-bond acceptors (Lipinski definition) is 3. The van der Waals surface area contributed by atoms with Crippen molar-refractivity contribution in [1.82, 2.24) is 10.2 Å². The van der Waals surface area contributed by atoms with Gasteiger partial charge in [-0.15, -0.1) is 0 Å². The number of rotatable bonds is 2. The molecule has 1 N–H and O–H groups in total. The molecule has 3 aliphatic rings. The minimum Gasteiger partial charge on any atom is -0.309 e. The summed E-state index contributed by atoms with van der Waals surface area (Å²) >= 11 is 2.08. The maximum absolute atomic E-state index is 3.84. The predicted molar refractivity (Wildman–Crippen MR) is 80.3 cm³/mol. The lowest BCUT2D eigenvalue weighted by Gasteiger charge is -2.46. The fourth-order valence-electron chi connectivity index (χ4n) is 4.33. The van der Waals surface area contributed by atoms with Crippen LogP contribution in [0.15, 0.2) is 0 Å². The van der Waals surface area contributed by atoms with Gasteiger partial charge in [0.05, 0.1) is 0 Å². The third-order valence-electron chi connectivity index (χ3n) is 5.46. The first kappa shape index (κ1) is 13.3. The van der Waals surface area contributed by atoms with E-state index in [0.29, 0.717) is 5.54 Å². The van der Waals surface area contributed by atoms with Crippen LogP contribution in [-0.4, -0.2) is 47.6 Å². The zero-order valence-corrected chi connectivity index (χ0v) is 12.6. The lowest BCUT2D eigenvalue weighted by atomic mass is 9.89. The van der Waals surface area contributed by atoms with Gasteiger partial charge in [0, 0.05) is 36.5 Å². The van der Waals surface area contributed by atoms with Crippen LogP contribution in [-0.2, 0) is 0 Å². The summed E-state index contributed by atoms with van der Waals surface area (Å²) in [5.41, 5.74) is 0.509. The molecule has 104 valence electrons. The van der Waals surface area contributed by atoms with Crippen LogP contribution < -0.4 is 5.32 Å². The van der Waals surface area contributed by atoms with Crippen molar-refractivity contribution in [1.29, 1.82) is 0 Å². The molecule has 0 radical (unpaired) electrons. The second-order valence-electron chi connectivity index (χ2n) is 6.55. The number of piperazine rings is 1. The van der Waals surface area contributed by atoms with Gasteiger partial charge in [-0.25, -0.2) is 0 Å². The predicted octanol–water partition coefficient (Wildman–Crippen LogP) is 2.88. The van der Waals surface area contributed by atoms with Gasteiger partial charge < -0.3 is 5.32 Å². The molecule has 3 rings (SSSR count). The summed E-state index contributed by atoms with van der Waals surface area (Å²) in [6, 6.07) is 0.896. The van der Waals surface area contributed by atoms with Gasteiger partial charge in [-0.2, -0.15) is 11.8 Å². The van der Waals surface area contributed by atoms with E-state index >= 15 is 0 Å². The van der Waals surface area contributed by atoms with Gasteiger partial charge in [0.25, 0.3) is 0 Å². The smallest absolute Gasteiger partial charge is 0.0309 e. The Morgan fingerprint density at radius 3 is 2.50 bits per heavy atom. The molecule has 3 heteroatoms. The molecule has 0 aromatic carbocycles. The Morgan fingerprint density at radius 1 is 1.11 bits per heavy atom. The lowest BCUT2D eigenvalue weighted by molar-refractivity contribution is 0.0764. The standard InChI is InChI=1S/C15H28N2S/c1-18-14-6-4-13(5-7-14)17-11-10-16-15(12-17)8-2-3-9-15/h13-14,16H,2-12H2,1H3. The number of thioether (sulfide) groups is 1. The summed E-state index contributed by atoms with van der Waals surface area (Å²) in [7, 11) is 0. The van der Waals surface area contributed by atoms with Crippen LogP contribution in [0.2, 0.25) is 0 Å². The van der Waals surface area contributed by atoms with Crippen molar-refractivity contribution in [3.05, 3.63) is 0 Å². The monoisotopic (exact) mass is 268 g/mol. The summed E-state index contributed by atoms with van der Waals surface area (Å²) in [6.45, 7) is 3.85. The normalized spacial score (nSPS) is 37.2. The summed E-state index contributed by atoms with van der Waals surface area (Å²) in [6.07, 6.45) is 13.8. The molecule has 18 heavy (non-hydrogen) atoms. The molecule has 0 aromatic rings. The highest BCUT2D eigenvalue weighted by molar-refractivity contribution is 7.99. The maximum atomic E-state index is 3.84. The van der Waals surface area contributed by atoms with Gasteiger partial charge >= 0.3 is 0 Å². The minimum absolute atomic E-state index is 0.509. The van der Waals surface area contributed by atoms with Crippen LogP contribution in [0.4, 0.5) is 0 Å². The molecule has 0 bridgehead atoms. The van der Waals surface area contributed by atoms with E-state index in [9.17, 15) is 0 Å². The van der Waals surface area contributed by atoms with Gasteiger partial charge in [-0.3, -0.25) is 4.90 Å². The van der Waals surface area contributed by atoms with Gasteiger partial charge in [-0.05, 0) is 44.8 Å². The SMILES string of the molecule is CSC1CCC(N2CCNC3(CCCC3)C2)CC1. The van der Waals surface area contributed by atoms with Gasteiger partial charge in [0.2, 0.25) is 0 Å². The van der Waals surface area contributed by atoms with Gasteiger partial charge in [0.1, 0.15) is 0 Å². The van der Waals surface area contributed by atoms with Crippen LogP contribution in [0, 0.1) is 0 Å². The number of nitrogens with one attached hydrogen (secondary N) is 1. The second-order valence-corrected chi connectivity index (χ2v) is 7.69. The summed E-state index contributed by atoms with van der Waals surface area (Å²) in [5, 5.41) is 4.79. The van der Waals surface area contributed by atoms with Crippen molar-refractivity contribution in [2.75, 3.05) is 25.9 Å². The quantitative estimate of drug-likeness (QED) is 0.829. The average Bonchev–Trinajstić information content (AvgIpc) is 2.87. The Morgan fingerprint density at radius 2 is 1.83 bits per heavy atom. The van der Waals surface area contributed by atoms with E-state index in [1.807, 2.05) is 0 Å². The first-order valence-electron chi connectivity index (χ1n) is 7.83. The molecular formula is C15H28N2S. The van der Waals surface area contributed by atoms with Gasteiger partial charge in [-0.1, -0.05) is 12.8 Å². The molecule has 2 aliphatic carbocycles. The fourth-order valence-corrected chi connectivity index (χ4v) is 5.08. The van der Waals surface area contributed by atoms with E-state index in [2.05, 4.69) is 28.2 Å². The third kappa shape index (κ3) is 2.73. The third-order valence-corrected chi connectivity index (χ3v) is 6.60.